The molecule has 4 heteroatoms. The summed E-state index contributed by atoms with van der Waals surface area (Å²) in [7, 11) is 1.39. The van der Waals surface area contributed by atoms with Crippen molar-refractivity contribution in [3.05, 3.63) is 0 Å². The molecule has 2 aliphatic rings. The average molecular weight is 185 g/mol. The van der Waals surface area contributed by atoms with Gasteiger partial charge in [0.15, 0.2) is 0 Å². The third-order valence-corrected chi connectivity index (χ3v) is 3.37. The summed E-state index contributed by atoms with van der Waals surface area (Å²) in [5.41, 5.74) is 5.19. The molecule has 0 aromatic rings. The minimum absolute atomic E-state index is 0.113. The molecular weight excluding hydrogens is 170 g/mol. The van der Waals surface area contributed by atoms with Gasteiger partial charge in [0.1, 0.15) is 5.54 Å². The Morgan fingerprint density at radius 1 is 1.46 bits per heavy atom. The van der Waals surface area contributed by atoms with E-state index in [-0.39, 0.29) is 11.4 Å². The molecule has 1 unspecified atom stereocenters. The summed E-state index contributed by atoms with van der Waals surface area (Å²) in [4.78, 5) is 11.5. The molecule has 0 radical (unpaired) electrons. The van der Waals surface area contributed by atoms with Gasteiger partial charge in [-0.15, -0.1) is 0 Å². The van der Waals surface area contributed by atoms with Crippen LogP contribution in [0.3, 0.4) is 0 Å². The Kier molecular flexibility index (Phi) is 1.85. The maximum absolute atomic E-state index is 11.5. The van der Waals surface area contributed by atoms with Crippen LogP contribution in [0, 0.1) is 5.41 Å². The van der Waals surface area contributed by atoms with E-state index in [1.165, 1.54) is 7.11 Å². The molecule has 1 atom stereocenters. The summed E-state index contributed by atoms with van der Waals surface area (Å²) in [5.74, 6) is -0.284. The fourth-order valence-corrected chi connectivity index (χ4v) is 2.14. The van der Waals surface area contributed by atoms with Gasteiger partial charge in [-0.1, -0.05) is 0 Å². The lowest BCUT2D eigenvalue weighted by Gasteiger charge is -2.38. The predicted octanol–water partition coefficient (Wildman–Crippen LogP) is 0.0574. The van der Waals surface area contributed by atoms with Crippen LogP contribution in [0.15, 0.2) is 0 Å². The first-order valence-electron chi connectivity index (χ1n) is 4.60. The van der Waals surface area contributed by atoms with Gasteiger partial charge in [0.2, 0.25) is 0 Å². The van der Waals surface area contributed by atoms with Crippen LogP contribution in [0.2, 0.25) is 0 Å². The van der Waals surface area contributed by atoms with Crippen molar-refractivity contribution in [1.29, 1.82) is 0 Å². The maximum atomic E-state index is 11.5. The first kappa shape index (κ1) is 8.97. The van der Waals surface area contributed by atoms with E-state index in [0.29, 0.717) is 19.6 Å². The minimum atomic E-state index is -0.792. The zero-order valence-corrected chi connectivity index (χ0v) is 7.84. The Hall–Kier alpha value is -0.610. The lowest BCUT2D eigenvalue weighted by atomic mass is 9.78. The predicted molar refractivity (Wildman–Crippen MR) is 46.0 cm³/mol. The molecule has 74 valence electrons. The largest absolute Gasteiger partial charge is 0.468 e. The summed E-state index contributed by atoms with van der Waals surface area (Å²) in [5, 5.41) is 0. The number of esters is 1. The number of methoxy groups -OCH3 is 1. The van der Waals surface area contributed by atoms with Gasteiger partial charge in [-0.25, -0.2) is 0 Å². The van der Waals surface area contributed by atoms with Crippen molar-refractivity contribution in [3.8, 4) is 0 Å². The van der Waals surface area contributed by atoms with Crippen molar-refractivity contribution in [2.75, 3.05) is 20.3 Å². The monoisotopic (exact) mass is 185 g/mol. The second kappa shape index (κ2) is 2.69. The quantitative estimate of drug-likeness (QED) is 0.587. The molecule has 1 heterocycles. The minimum Gasteiger partial charge on any atom is -0.468 e. The van der Waals surface area contributed by atoms with Crippen LogP contribution in [0.25, 0.3) is 0 Å². The number of nitrogens with two attached hydrogens (primary N) is 1. The molecule has 0 amide bonds. The van der Waals surface area contributed by atoms with Crippen LogP contribution in [-0.4, -0.2) is 31.8 Å². The summed E-state index contributed by atoms with van der Waals surface area (Å²) >= 11 is 0. The van der Waals surface area contributed by atoms with E-state index in [2.05, 4.69) is 0 Å². The lowest BCUT2D eigenvalue weighted by Crippen LogP contribution is -2.60. The normalized spacial score (nSPS) is 35.8. The highest BCUT2D eigenvalue weighted by atomic mass is 16.5. The highest BCUT2D eigenvalue weighted by Crippen LogP contribution is 2.56. The fraction of sp³-hybridized carbons (Fsp3) is 0.889. The number of ether oxygens (including phenoxy) is 2. The van der Waals surface area contributed by atoms with Gasteiger partial charge in [-0.05, 0) is 12.8 Å². The molecule has 13 heavy (non-hydrogen) atoms. The standard InChI is InChI=1S/C9H15NO3/c1-12-7(11)9(10)4-5-13-6-8(9)2-3-8/h2-6,10H2,1H3. The van der Waals surface area contributed by atoms with Crippen molar-refractivity contribution < 1.29 is 14.3 Å². The Morgan fingerprint density at radius 2 is 2.15 bits per heavy atom. The average Bonchev–Trinajstić information content (AvgIpc) is 2.91. The van der Waals surface area contributed by atoms with Crippen LogP contribution >= 0.6 is 0 Å². The van der Waals surface area contributed by atoms with E-state index in [1.807, 2.05) is 0 Å². The van der Waals surface area contributed by atoms with Crippen LogP contribution in [-0.2, 0) is 14.3 Å². The molecule has 0 aromatic carbocycles. The van der Waals surface area contributed by atoms with Crippen molar-refractivity contribution in [2.45, 2.75) is 24.8 Å². The Balaban J connectivity index is 2.22. The van der Waals surface area contributed by atoms with Gasteiger partial charge in [-0.3, -0.25) is 4.79 Å². The topological polar surface area (TPSA) is 61.5 Å². The summed E-state index contributed by atoms with van der Waals surface area (Å²) in [6, 6.07) is 0. The van der Waals surface area contributed by atoms with Gasteiger partial charge in [0.25, 0.3) is 0 Å². The van der Waals surface area contributed by atoms with Crippen molar-refractivity contribution in [3.63, 3.8) is 0 Å². The fourth-order valence-electron chi connectivity index (χ4n) is 2.14. The lowest BCUT2D eigenvalue weighted by molar-refractivity contribution is -0.156. The number of carbonyl (C=O) groups is 1. The number of hydrogen-bond acceptors (Lipinski definition) is 4. The molecule has 4 nitrogen and oxygen atoms in total. The highest BCUT2D eigenvalue weighted by Gasteiger charge is 2.63. The van der Waals surface area contributed by atoms with Crippen molar-refractivity contribution >= 4 is 5.97 Å². The van der Waals surface area contributed by atoms with Crippen molar-refractivity contribution in [2.24, 2.45) is 11.1 Å². The van der Waals surface area contributed by atoms with E-state index in [9.17, 15) is 4.79 Å². The van der Waals surface area contributed by atoms with Crippen LogP contribution in [0.5, 0.6) is 0 Å². The van der Waals surface area contributed by atoms with E-state index in [0.717, 1.165) is 12.8 Å². The molecule has 2 fully saturated rings. The zero-order chi connectivity index (χ0) is 9.53. The zero-order valence-electron chi connectivity index (χ0n) is 7.84. The molecular formula is C9H15NO3. The SMILES string of the molecule is COC(=O)C1(N)CCOCC12CC2. The first-order chi connectivity index (χ1) is 6.15. The van der Waals surface area contributed by atoms with Crippen LogP contribution in [0.4, 0.5) is 0 Å². The van der Waals surface area contributed by atoms with Gasteiger partial charge in [0, 0.05) is 18.4 Å². The third kappa shape index (κ3) is 1.09. The summed E-state index contributed by atoms with van der Waals surface area (Å²) in [6.07, 6.45) is 2.55. The summed E-state index contributed by atoms with van der Waals surface area (Å²) < 4.78 is 10.1. The molecule has 1 aliphatic carbocycles. The van der Waals surface area contributed by atoms with Crippen LogP contribution < -0.4 is 5.73 Å². The second-order valence-corrected chi connectivity index (χ2v) is 4.05. The van der Waals surface area contributed by atoms with E-state index in [4.69, 9.17) is 15.2 Å². The molecule has 0 aromatic heterocycles. The molecule has 1 aliphatic heterocycles. The Bertz CT molecular complexity index is 237. The van der Waals surface area contributed by atoms with Gasteiger partial charge in [-0.2, -0.15) is 0 Å². The molecule has 2 rings (SSSR count). The molecule has 2 N–H and O–H groups in total. The van der Waals surface area contributed by atoms with Gasteiger partial charge >= 0.3 is 5.97 Å². The Morgan fingerprint density at radius 3 is 2.69 bits per heavy atom. The van der Waals surface area contributed by atoms with Gasteiger partial charge < -0.3 is 15.2 Å². The van der Waals surface area contributed by atoms with Gasteiger partial charge in [0.05, 0.1) is 13.7 Å². The second-order valence-electron chi connectivity index (χ2n) is 4.05. The molecule has 1 spiro atoms. The molecule has 1 saturated carbocycles. The maximum Gasteiger partial charge on any atom is 0.326 e. The number of rotatable bonds is 1. The number of hydrogen-bond donors (Lipinski definition) is 1. The number of carbonyl (C=O) groups excluding carboxylic acids is 1. The summed E-state index contributed by atoms with van der Waals surface area (Å²) in [6.45, 7) is 1.17. The Labute approximate surface area is 77.4 Å². The smallest absolute Gasteiger partial charge is 0.326 e. The third-order valence-electron chi connectivity index (χ3n) is 3.37. The van der Waals surface area contributed by atoms with E-state index in [1.54, 1.807) is 0 Å². The molecule has 1 saturated heterocycles. The highest BCUT2D eigenvalue weighted by molar-refractivity contribution is 5.82. The first-order valence-corrected chi connectivity index (χ1v) is 4.60. The molecule has 0 bridgehead atoms. The van der Waals surface area contributed by atoms with Crippen molar-refractivity contribution in [1.82, 2.24) is 0 Å². The van der Waals surface area contributed by atoms with Crippen LogP contribution in [0.1, 0.15) is 19.3 Å². The van der Waals surface area contributed by atoms with E-state index < -0.39 is 5.54 Å². The van der Waals surface area contributed by atoms with E-state index >= 15 is 0 Å².